The molecule has 0 fully saturated rings. The molecule has 1 aliphatic rings. The van der Waals surface area contributed by atoms with Gasteiger partial charge in [-0.25, -0.2) is 4.79 Å². The predicted octanol–water partition coefficient (Wildman–Crippen LogP) is 1.55. The van der Waals surface area contributed by atoms with Crippen LogP contribution in [0.25, 0.3) is 0 Å². The molecule has 2 rings (SSSR count). The minimum atomic E-state index is -0.413. The smallest absolute Gasteiger partial charge is 0.331 e. The molecule has 4 nitrogen and oxygen atoms in total. The third-order valence-electron chi connectivity index (χ3n) is 2.19. The molecule has 1 aliphatic heterocycles. The number of allylic oxidation sites excluding steroid dienone is 1. The number of rotatable bonds is 1. The van der Waals surface area contributed by atoms with E-state index in [2.05, 4.69) is 0 Å². The summed E-state index contributed by atoms with van der Waals surface area (Å²) < 4.78 is 4.83. The number of amides is 1. The molecule has 0 atom stereocenters. The molecule has 0 saturated heterocycles. The second kappa shape index (κ2) is 4.18. The summed E-state index contributed by atoms with van der Waals surface area (Å²) in [6.45, 7) is 1.60. The van der Waals surface area contributed by atoms with Crippen molar-refractivity contribution < 1.29 is 14.3 Å². The van der Waals surface area contributed by atoms with Crippen molar-refractivity contribution in [3.63, 3.8) is 0 Å². The van der Waals surface area contributed by atoms with Crippen LogP contribution in [0.4, 0.5) is 0 Å². The number of ether oxygens (including phenoxy) is 1. The van der Waals surface area contributed by atoms with Crippen molar-refractivity contribution in [2.45, 2.75) is 6.92 Å². The Kier molecular flexibility index (Phi) is 2.72. The lowest BCUT2D eigenvalue weighted by Crippen LogP contribution is -2.35. The molecule has 0 unspecified atom stereocenters. The SMILES string of the molecule is CC1=CN(C(=O)c2ccccc2)CC(=O)O1. The van der Waals surface area contributed by atoms with Gasteiger partial charge in [-0.05, 0) is 19.1 Å². The molecular formula is C12H11NO3. The van der Waals surface area contributed by atoms with E-state index in [1.807, 2.05) is 6.07 Å². The summed E-state index contributed by atoms with van der Waals surface area (Å²) >= 11 is 0. The van der Waals surface area contributed by atoms with E-state index in [-0.39, 0.29) is 12.5 Å². The minimum absolute atomic E-state index is 0.0366. The van der Waals surface area contributed by atoms with Gasteiger partial charge in [0.25, 0.3) is 5.91 Å². The summed E-state index contributed by atoms with van der Waals surface area (Å²) in [6.07, 6.45) is 1.54. The average molecular weight is 217 g/mol. The Hall–Kier alpha value is -2.10. The maximum Gasteiger partial charge on any atom is 0.331 e. The van der Waals surface area contributed by atoms with Crippen molar-refractivity contribution in [2.75, 3.05) is 6.54 Å². The Bertz CT molecular complexity index is 451. The molecule has 0 aromatic heterocycles. The fraction of sp³-hybridized carbons (Fsp3) is 0.167. The molecule has 82 valence electrons. The number of hydrogen-bond donors (Lipinski definition) is 0. The van der Waals surface area contributed by atoms with Crippen molar-refractivity contribution in [1.82, 2.24) is 4.90 Å². The molecule has 1 aromatic carbocycles. The highest BCUT2D eigenvalue weighted by Gasteiger charge is 2.22. The summed E-state index contributed by atoms with van der Waals surface area (Å²) in [5.74, 6) is -0.179. The lowest BCUT2D eigenvalue weighted by atomic mass is 10.2. The van der Waals surface area contributed by atoms with Crippen LogP contribution in [-0.2, 0) is 9.53 Å². The molecule has 0 saturated carbocycles. The largest absolute Gasteiger partial charge is 0.428 e. The van der Waals surface area contributed by atoms with Crippen molar-refractivity contribution in [3.8, 4) is 0 Å². The third-order valence-corrected chi connectivity index (χ3v) is 2.19. The van der Waals surface area contributed by atoms with Gasteiger partial charge in [-0.2, -0.15) is 0 Å². The van der Waals surface area contributed by atoms with Gasteiger partial charge in [-0.15, -0.1) is 0 Å². The summed E-state index contributed by atoms with van der Waals surface area (Å²) in [6, 6.07) is 8.83. The summed E-state index contributed by atoms with van der Waals surface area (Å²) in [7, 11) is 0. The van der Waals surface area contributed by atoms with Crippen LogP contribution in [0.1, 0.15) is 17.3 Å². The molecule has 16 heavy (non-hydrogen) atoms. The molecule has 1 heterocycles. The molecule has 0 bridgehead atoms. The normalized spacial score (nSPS) is 15.4. The summed E-state index contributed by atoms with van der Waals surface area (Å²) in [5.41, 5.74) is 0.557. The number of carbonyl (C=O) groups excluding carboxylic acids is 2. The maximum absolute atomic E-state index is 12.0. The number of nitrogens with zero attached hydrogens (tertiary/aromatic N) is 1. The van der Waals surface area contributed by atoms with Gasteiger partial charge in [0.05, 0.1) is 0 Å². The van der Waals surface area contributed by atoms with Gasteiger partial charge >= 0.3 is 5.97 Å². The van der Waals surface area contributed by atoms with Crippen LogP contribution < -0.4 is 0 Å². The number of carbonyl (C=O) groups is 2. The highest BCUT2D eigenvalue weighted by atomic mass is 16.5. The molecule has 4 heteroatoms. The minimum Gasteiger partial charge on any atom is -0.428 e. The van der Waals surface area contributed by atoms with Gasteiger partial charge < -0.3 is 9.64 Å². The fourth-order valence-electron chi connectivity index (χ4n) is 1.52. The van der Waals surface area contributed by atoms with E-state index >= 15 is 0 Å². The van der Waals surface area contributed by atoms with Crippen molar-refractivity contribution in [2.24, 2.45) is 0 Å². The number of cyclic esters (lactones) is 1. The maximum atomic E-state index is 12.0. The number of benzene rings is 1. The van der Waals surface area contributed by atoms with E-state index < -0.39 is 5.97 Å². The van der Waals surface area contributed by atoms with Crippen LogP contribution in [0.15, 0.2) is 42.3 Å². The van der Waals surface area contributed by atoms with Crippen molar-refractivity contribution >= 4 is 11.9 Å². The summed E-state index contributed by atoms with van der Waals surface area (Å²) in [5, 5.41) is 0. The molecule has 1 amide bonds. The second-order valence-electron chi connectivity index (χ2n) is 3.51. The highest BCUT2D eigenvalue weighted by Crippen LogP contribution is 2.12. The van der Waals surface area contributed by atoms with Crippen LogP contribution >= 0.6 is 0 Å². The van der Waals surface area contributed by atoms with Crippen LogP contribution in [0.2, 0.25) is 0 Å². The van der Waals surface area contributed by atoms with Gasteiger partial charge in [0.1, 0.15) is 12.3 Å². The van der Waals surface area contributed by atoms with E-state index in [0.717, 1.165) is 0 Å². The average Bonchev–Trinajstić information content (AvgIpc) is 2.28. The summed E-state index contributed by atoms with van der Waals surface area (Å²) in [4.78, 5) is 24.5. The molecular weight excluding hydrogens is 206 g/mol. The molecule has 0 spiro atoms. The van der Waals surface area contributed by atoms with E-state index in [4.69, 9.17) is 4.74 Å². The Morgan fingerprint density at radius 2 is 2.00 bits per heavy atom. The topological polar surface area (TPSA) is 46.6 Å². The first kappa shape index (κ1) is 10.4. The molecule has 0 radical (unpaired) electrons. The third kappa shape index (κ3) is 2.11. The zero-order valence-electron chi connectivity index (χ0n) is 8.84. The Morgan fingerprint density at radius 1 is 1.31 bits per heavy atom. The standard InChI is InChI=1S/C12H11NO3/c1-9-7-13(8-11(14)16-9)12(15)10-5-3-2-4-6-10/h2-7H,8H2,1H3. The second-order valence-corrected chi connectivity index (χ2v) is 3.51. The zero-order chi connectivity index (χ0) is 11.5. The van der Waals surface area contributed by atoms with E-state index in [1.165, 1.54) is 11.1 Å². The fourth-order valence-corrected chi connectivity index (χ4v) is 1.52. The van der Waals surface area contributed by atoms with Gasteiger partial charge in [-0.1, -0.05) is 18.2 Å². The van der Waals surface area contributed by atoms with E-state index in [0.29, 0.717) is 11.3 Å². The van der Waals surface area contributed by atoms with E-state index in [1.54, 1.807) is 31.2 Å². The lowest BCUT2D eigenvalue weighted by Gasteiger charge is -2.22. The van der Waals surface area contributed by atoms with Gasteiger partial charge in [0.2, 0.25) is 0 Å². The Balaban J connectivity index is 2.23. The predicted molar refractivity (Wildman–Crippen MR) is 57.3 cm³/mol. The number of hydrogen-bond acceptors (Lipinski definition) is 3. The van der Waals surface area contributed by atoms with Gasteiger partial charge in [0.15, 0.2) is 0 Å². The first-order chi connectivity index (χ1) is 7.66. The quantitative estimate of drug-likeness (QED) is 0.670. The van der Waals surface area contributed by atoms with Crippen molar-refractivity contribution in [1.29, 1.82) is 0 Å². The van der Waals surface area contributed by atoms with Crippen LogP contribution in [0.3, 0.4) is 0 Å². The van der Waals surface area contributed by atoms with Gasteiger partial charge in [0, 0.05) is 11.8 Å². The van der Waals surface area contributed by atoms with Crippen molar-refractivity contribution in [3.05, 3.63) is 47.9 Å². The first-order valence-electron chi connectivity index (χ1n) is 4.92. The molecule has 0 N–H and O–H groups in total. The zero-order valence-corrected chi connectivity index (χ0v) is 8.84. The van der Waals surface area contributed by atoms with Crippen LogP contribution in [0, 0.1) is 0 Å². The van der Waals surface area contributed by atoms with Crippen LogP contribution in [-0.4, -0.2) is 23.3 Å². The Morgan fingerprint density at radius 3 is 2.62 bits per heavy atom. The van der Waals surface area contributed by atoms with E-state index in [9.17, 15) is 9.59 Å². The Labute approximate surface area is 93.1 Å². The number of esters is 1. The monoisotopic (exact) mass is 217 g/mol. The highest BCUT2D eigenvalue weighted by molar-refractivity contribution is 5.97. The van der Waals surface area contributed by atoms with Crippen LogP contribution in [0.5, 0.6) is 0 Å². The first-order valence-corrected chi connectivity index (χ1v) is 4.92. The molecule has 1 aromatic rings. The van der Waals surface area contributed by atoms with Gasteiger partial charge in [-0.3, -0.25) is 4.79 Å². The lowest BCUT2D eigenvalue weighted by molar-refractivity contribution is -0.141. The molecule has 0 aliphatic carbocycles.